The number of hydrogen-bond acceptors (Lipinski definition) is 3. The van der Waals surface area contributed by atoms with E-state index in [1.165, 1.54) is 0 Å². The van der Waals surface area contributed by atoms with Gasteiger partial charge in [-0.1, -0.05) is 0 Å². The van der Waals surface area contributed by atoms with Gasteiger partial charge in [-0.2, -0.15) is 0 Å². The second-order valence-corrected chi connectivity index (χ2v) is 3.43. The third kappa shape index (κ3) is 1.59. The summed E-state index contributed by atoms with van der Waals surface area (Å²) in [6.07, 6.45) is 4.92. The Labute approximate surface area is 76.5 Å². The van der Waals surface area contributed by atoms with Crippen LogP contribution < -0.4 is 0 Å². The summed E-state index contributed by atoms with van der Waals surface area (Å²) in [5, 5.41) is 0. The van der Waals surface area contributed by atoms with Crippen LogP contribution in [-0.2, 0) is 9.59 Å². The quantitative estimate of drug-likeness (QED) is 0.555. The minimum Gasteiger partial charge on any atom is -0.293 e. The maximum atomic E-state index is 11.5. The molecule has 0 amide bonds. The minimum absolute atomic E-state index is 0.0217. The van der Waals surface area contributed by atoms with Crippen LogP contribution in [0.1, 0.15) is 25.7 Å². The van der Waals surface area contributed by atoms with Gasteiger partial charge in [0.15, 0.2) is 11.6 Å². The summed E-state index contributed by atoms with van der Waals surface area (Å²) in [7, 11) is 0. The zero-order valence-corrected chi connectivity index (χ0v) is 7.38. The molecule has 0 bridgehead atoms. The van der Waals surface area contributed by atoms with Crippen LogP contribution in [-0.4, -0.2) is 23.8 Å². The number of allylic oxidation sites excluding steroid dienone is 1. The van der Waals surface area contributed by atoms with Crippen LogP contribution in [0, 0.1) is 0 Å². The lowest BCUT2D eigenvalue weighted by molar-refractivity contribution is -0.113. The van der Waals surface area contributed by atoms with E-state index in [1.54, 1.807) is 6.08 Å². The fourth-order valence-electron chi connectivity index (χ4n) is 1.74. The van der Waals surface area contributed by atoms with Gasteiger partial charge in [0, 0.05) is 6.42 Å². The lowest BCUT2D eigenvalue weighted by Gasteiger charge is -2.09. The van der Waals surface area contributed by atoms with Gasteiger partial charge < -0.3 is 0 Å². The maximum Gasteiger partial charge on any atom is 0.181 e. The van der Waals surface area contributed by atoms with E-state index in [0.29, 0.717) is 12.1 Å². The SMILES string of the molecule is O=C1C=C2CCCCC(=O)C2=NC1. The molecule has 0 aromatic carbocycles. The van der Waals surface area contributed by atoms with E-state index in [4.69, 9.17) is 0 Å². The molecule has 1 heterocycles. The Kier molecular flexibility index (Phi) is 2.08. The second-order valence-electron chi connectivity index (χ2n) is 3.43. The minimum atomic E-state index is 0.0217. The fraction of sp³-hybridized carbons (Fsp3) is 0.500. The van der Waals surface area contributed by atoms with E-state index in [-0.39, 0.29) is 18.1 Å². The van der Waals surface area contributed by atoms with E-state index in [0.717, 1.165) is 24.8 Å². The van der Waals surface area contributed by atoms with Crippen molar-refractivity contribution in [2.75, 3.05) is 6.54 Å². The van der Waals surface area contributed by atoms with Crippen molar-refractivity contribution >= 4 is 17.3 Å². The largest absolute Gasteiger partial charge is 0.293 e. The highest BCUT2D eigenvalue weighted by molar-refractivity contribution is 6.47. The number of Topliss-reactive ketones (excluding diaryl/α,β-unsaturated/α-hetero) is 1. The lowest BCUT2D eigenvalue weighted by Crippen LogP contribution is -2.21. The average Bonchev–Trinajstić information content (AvgIpc) is 2.28. The van der Waals surface area contributed by atoms with E-state index in [9.17, 15) is 9.59 Å². The Morgan fingerprint density at radius 2 is 1.92 bits per heavy atom. The van der Waals surface area contributed by atoms with Crippen molar-refractivity contribution in [3.63, 3.8) is 0 Å². The number of dihydropyridines is 1. The number of rotatable bonds is 0. The first-order chi connectivity index (χ1) is 6.27. The van der Waals surface area contributed by atoms with Gasteiger partial charge in [-0.05, 0) is 30.9 Å². The maximum absolute atomic E-state index is 11.5. The Hall–Kier alpha value is -1.25. The monoisotopic (exact) mass is 177 g/mol. The number of ketones is 2. The Morgan fingerprint density at radius 3 is 2.77 bits per heavy atom. The van der Waals surface area contributed by atoms with Crippen molar-refractivity contribution in [2.45, 2.75) is 25.7 Å². The molecular weight excluding hydrogens is 166 g/mol. The van der Waals surface area contributed by atoms with Crippen LogP contribution >= 0.6 is 0 Å². The molecule has 2 rings (SSSR count). The predicted molar refractivity (Wildman–Crippen MR) is 48.9 cm³/mol. The molecule has 1 aliphatic heterocycles. The molecule has 0 saturated heterocycles. The van der Waals surface area contributed by atoms with E-state index in [1.807, 2.05) is 0 Å². The molecule has 13 heavy (non-hydrogen) atoms. The molecule has 3 heteroatoms. The molecular formula is C10H11NO2. The number of aliphatic imine (C=N–C) groups is 1. The Bertz CT molecular complexity index is 326. The topological polar surface area (TPSA) is 46.5 Å². The zero-order valence-electron chi connectivity index (χ0n) is 7.38. The second kappa shape index (κ2) is 3.24. The summed E-state index contributed by atoms with van der Waals surface area (Å²) in [6.45, 7) is 0.157. The van der Waals surface area contributed by atoms with Crippen LogP contribution in [0.15, 0.2) is 16.6 Å². The summed E-state index contributed by atoms with van der Waals surface area (Å²) in [4.78, 5) is 26.5. The van der Waals surface area contributed by atoms with Crippen molar-refractivity contribution in [3.8, 4) is 0 Å². The summed E-state index contributed by atoms with van der Waals surface area (Å²) >= 11 is 0. The molecule has 0 spiro atoms. The highest BCUT2D eigenvalue weighted by Gasteiger charge is 2.23. The van der Waals surface area contributed by atoms with Crippen molar-refractivity contribution in [2.24, 2.45) is 4.99 Å². The Balaban J connectivity index is 2.34. The van der Waals surface area contributed by atoms with Gasteiger partial charge in [0.25, 0.3) is 0 Å². The summed E-state index contributed by atoms with van der Waals surface area (Å²) in [5.74, 6) is 0.129. The first-order valence-electron chi connectivity index (χ1n) is 4.59. The summed E-state index contributed by atoms with van der Waals surface area (Å²) in [6, 6.07) is 0. The van der Waals surface area contributed by atoms with Gasteiger partial charge in [-0.15, -0.1) is 0 Å². The van der Waals surface area contributed by atoms with Crippen LogP contribution in [0.25, 0.3) is 0 Å². The van der Waals surface area contributed by atoms with Crippen LogP contribution in [0.5, 0.6) is 0 Å². The molecule has 3 nitrogen and oxygen atoms in total. The van der Waals surface area contributed by atoms with Gasteiger partial charge >= 0.3 is 0 Å². The molecule has 68 valence electrons. The van der Waals surface area contributed by atoms with Gasteiger partial charge in [0.2, 0.25) is 0 Å². The molecule has 0 unspecified atom stereocenters. The first kappa shape index (κ1) is 8.35. The number of nitrogens with zero attached hydrogens (tertiary/aromatic N) is 1. The fourth-order valence-corrected chi connectivity index (χ4v) is 1.74. The molecule has 0 aromatic rings. The smallest absolute Gasteiger partial charge is 0.181 e. The standard InChI is InChI=1S/C10H11NO2/c12-8-5-7-3-1-2-4-9(13)10(7)11-6-8/h5H,1-4,6H2. The normalized spacial score (nSPS) is 23.1. The van der Waals surface area contributed by atoms with E-state index < -0.39 is 0 Å². The predicted octanol–water partition coefficient (Wildman–Crippen LogP) is 1.08. The van der Waals surface area contributed by atoms with Crippen molar-refractivity contribution < 1.29 is 9.59 Å². The molecule has 1 saturated carbocycles. The van der Waals surface area contributed by atoms with Gasteiger partial charge in [-0.3, -0.25) is 14.6 Å². The number of carbonyl (C=O) groups excluding carboxylic acids is 2. The highest BCUT2D eigenvalue weighted by Crippen LogP contribution is 2.20. The molecule has 2 aliphatic rings. The van der Waals surface area contributed by atoms with Crippen molar-refractivity contribution in [1.29, 1.82) is 0 Å². The first-order valence-corrected chi connectivity index (χ1v) is 4.59. The van der Waals surface area contributed by atoms with Gasteiger partial charge in [0.05, 0.1) is 0 Å². The van der Waals surface area contributed by atoms with Crippen LogP contribution in [0.4, 0.5) is 0 Å². The number of fused-ring (bicyclic) bond motifs is 1. The third-order valence-electron chi connectivity index (χ3n) is 2.40. The number of hydrogen-bond donors (Lipinski definition) is 0. The molecule has 1 aliphatic carbocycles. The third-order valence-corrected chi connectivity index (χ3v) is 2.40. The van der Waals surface area contributed by atoms with Crippen LogP contribution in [0.3, 0.4) is 0 Å². The molecule has 0 radical (unpaired) electrons. The molecule has 0 atom stereocenters. The lowest BCUT2D eigenvalue weighted by atomic mass is 10.0. The Morgan fingerprint density at radius 1 is 1.15 bits per heavy atom. The summed E-state index contributed by atoms with van der Waals surface area (Å²) in [5.41, 5.74) is 1.43. The van der Waals surface area contributed by atoms with Crippen molar-refractivity contribution in [3.05, 3.63) is 11.6 Å². The molecule has 1 fully saturated rings. The molecule has 0 aromatic heterocycles. The van der Waals surface area contributed by atoms with Crippen molar-refractivity contribution in [1.82, 2.24) is 0 Å². The average molecular weight is 177 g/mol. The summed E-state index contributed by atoms with van der Waals surface area (Å²) < 4.78 is 0. The molecule has 0 N–H and O–H groups in total. The van der Waals surface area contributed by atoms with E-state index in [2.05, 4.69) is 4.99 Å². The number of carbonyl (C=O) groups is 2. The van der Waals surface area contributed by atoms with E-state index >= 15 is 0 Å². The van der Waals surface area contributed by atoms with Gasteiger partial charge in [0.1, 0.15) is 12.3 Å². The van der Waals surface area contributed by atoms with Gasteiger partial charge in [-0.25, -0.2) is 0 Å². The zero-order chi connectivity index (χ0) is 9.26. The highest BCUT2D eigenvalue weighted by atomic mass is 16.1. The van der Waals surface area contributed by atoms with Crippen LogP contribution in [0.2, 0.25) is 0 Å².